The maximum Gasteiger partial charge on any atom is 0.176 e. The Morgan fingerprint density at radius 3 is 2.07 bits per heavy atom. The lowest BCUT2D eigenvalue weighted by atomic mass is 9.92. The molecule has 0 saturated carbocycles. The van der Waals surface area contributed by atoms with Gasteiger partial charge in [0.25, 0.3) is 0 Å². The lowest BCUT2D eigenvalue weighted by Gasteiger charge is -2.34. The van der Waals surface area contributed by atoms with E-state index < -0.39 is 0 Å². The van der Waals surface area contributed by atoms with Crippen LogP contribution in [-0.2, 0) is 0 Å². The van der Waals surface area contributed by atoms with Crippen molar-refractivity contribution in [2.24, 2.45) is 0 Å². The Morgan fingerprint density at radius 2 is 1.41 bits per heavy atom. The lowest BCUT2D eigenvalue weighted by Crippen LogP contribution is -2.36. The van der Waals surface area contributed by atoms with Crippen molar-refractivity contribution in [3.8, 4) is 0 Å². The first kappa shape index (κ1) is 17.4. The molecule has 0 amide bonds. The minimum absolute atomic E-state index is 0.114. The zero-order valence-corrected chi connectivity index (χ0v) is 15.3. The van der Waals surface area contributed by atoms with Gasteiger partial charge >= 0.3 is 0 Å². The van der Waals surface area contributed by atoms with Crippen LogP contribution >= 0.6 is 0 Å². The molecule has 0 aromatic heterocycles. The van der Waals surface area contributed by atoms with Gasteiger partial charge in [-0.1, -0.05) is 97.1 Å². The molecule has 0 N–H and O–H groups in total. The molecule has 2 heteroatoms. The predicted octanol–water partition coefficient (Wildman–Crippen LogP) is 5.40. The number of benzene rings is 3. The zero-order chi connectivity index (χ0) is 18.5. The molecule has 1 unspecified atom stereocenters. The molecule has 0 fully saturated rings. The highest BCUT2D eigenvalue weighted by Crippen LogP contribution is 2.33. The Kier molecular flexibility index (Phi) is 5.27. The van der Waals surface area contributed by atoms with Crippen LogP contribution in [-0.4, -0.2) is 23.8 Å². The summed E-state index contributed by atoms with van der Waals surface area (Å²) in [6.07, 6.45) is 3.28. The van der Waals surface area contributed by atoms with Gasteiger partial charge in [0.05, 0.1) is 12.6 Å². The van der Waals surface area contributed by atoms with Gasteiger partial charge < -0.3 is 0 Å². The van der Waals surface area contributed by atoms with Gasteiger partial charge in [-0.15, -0.1) is 0 Å². The molecule has 3 aromatic carbocycles. The van der Waals surface area contributed by atoms with Gasteiger partial charge in [0.2, 0.25) is 0 Å². The molecule has 2 nitrogen and oxygen atoms in total. The van der Waals surface area contributed by atoms with Crippen LogP contribution < -0.4 is 0 Å². The molecule has 1 atom stereocenters. The summed E-state index contributed by atoms with van der Waals surface area (Å²) in [6, 6.07) is 30.7. The van der Waals surface area contributed by atoms with E-state index in [1.54, 1.807) is 0 Å². The minimum Gasteiger partial charge on any atom is -0.293 e. The SMILES string of the molecule is O=C(CN1CCC(c2ccccc2)=CC1c1ccccc1)c1ccccc1. The number of Topliss-reactive ketones (excluding diaryl/α,β-unsaturated/α-hetero) is 1. The highest BCUT2D eigenvalue weighted by atomic mass is 16.1. The fourth-order valence-corrected chi connectivity index (χ4v) is 3.71. The molecule has 0 aliphatic carbocycles. The second-order valence-corrected chi connectivity index (χ2v) is 6.92. The van der Waals surface area contributed by atoms with Gasteiger partial charge in [-0.3, -0.25) is 9.69 Å². The molecule has 1 aliphatic heterocycles. The Balaban J connectivity index is 1.63. The fraction of sp³-hybridized carbons (Fsp3) is 0.160. The fourth-order valence-electron chi connectivity index (χ4n) is 3.71. The first-order chi connectivity index (χ1) is 13.3. The van der Waals surface area contributed by atoms with E-state index in [0.29, 0.717) is 6.54 Å². The quantitative estimate of drug-likeness (QED) is 0.572. The van der Waals surface area contributed by atoms with Crippen molar-refractivity contribution in [2.75, 3.05) is 13.1 Å². The molecule has 134 valence electrons. The van der Waals surface area contributed by atoms with E-state index >= 15 is 0 Å². The molecular weight excluding hydrogens is 330 g/mol. The number of hydrogen-bond acceptors (Lipinski definition) is 2. The second kappa shape index (κ2) is 8.15. The third-order valence-corrected chi connectivity index (χ3v) is 5.15. The molecule has 0 radical (unpaired) electrons. The standard InChI is InChI=1S/C25H23NO/c27-25(22-14-8-3-9-15-22)19-26-17-16-23(20-10-4-1-5-11-20)18-24(26)21-12-6-2-7-13-21/h1-15,18,24H,16-17,19H2. The summed E-state index contributed by atoms with van der Waals surface area (Å²) in [5, 5.41) is 0. The van der Waals surface area contributed by atoms with Crippen LogP contribution in [0.3, 0.4) is 0 Å². The van der Waals surface area contributed by atoms with Crippen LogP contribution in [0.5, 0.6) is 0 Å². The molecule has 4 rings (SSSR count). The number of ketones is 1. The summed E-state index contributed by atoms with van der Waals surface area (Å²) in [4.78, 5) is 15.1. The van der Waals surface area contributed by atoms with Crippen LogP contribution in [0.1, 0.15) is 33.9 Å². The van der Waals surface area contributed by atoms with Crippen LogP contribution in [0.15, 0.2) is 97.1 Å². The van der Waals surface area contributed by atoms with E-state index in [2.05, 4.69) is 59.5 Å². The largest absolute Gasteiger partial charge is 0.293 e. The summed E-state index contributed by atoms with van der Waals surface area (Å²) in [5.41, 5.74) is 4.63. The molecule has 1 heterocycles. The average Bonchev–Trinajstić information content (AvgIpc) is 2.76. The highest BCUT2D eigenvalue weighted by Gasteiger charge is 2.26. The van der Waals surface area contributed by atoms with Gasteiger partial charge in [-0.05, 0) is 23.1 Å². The molecule has 27 heavy (non-hydrogen) atoms. The minimum atomic E-state index is 0.114. The summed E-state index contributed by atoms with van der Waals surface area (Å²) in [5.74, 6) is 0.174. The van der Waals surface area contributed by atoms with Gasteiger partial charge in [0, 0.05) is 12.1 Å². The number of hydrogen-bond donors (Lipinski definition) is 0. The van der Waals surface area contributed by atoms with Crippen LogP contribution in [0.2, 0.25) is 0 Å². The van der Waals surface area contributed by atoms with Gasteiger partial charge in [-0.25, -0.2) is 0 Å². The smallest absolute Gasteiger partial charge is 0.176 e. The van der Waals surface area contributed by atoms with Crippen LogP contribution in [0, 0.1) is 0 Å². The van der Waals surface area contributed by atoms with E-state index in [1.807, 2.05) is 42.5 Å². The van der Waals surface area contributed by atoms with Crippen molar-refractivity contribution in [3.63, 3.8) is 0 Å². The maximum absolute atomic E-state index is 12.8. The molecule has 3 aromatic rings. The van der Waals surface area contributed by atoms with E-state index in [9.17, 15) is 4.79 Å². The van der Waals surface area contributed by atoms with Crippen molar-refractivity contribution in [2.45, 2.75) is 12.5 Å². The third-order valence-electron chi connectivity index (χ3n) is 5.15. The normalized spacial score (nSPS) is 17.3. The van der Waals surface area contributed by atoms with E-state index in [0.717, 1.165) is 18.5 Å². The monoisotopic (exact) mass is 353 g/mol. The second-order valence-electron chi connectivity index (χ2n) is 6.92. The molecular formula is C25H23NO. The van der Waals surface area contributed by atoms with Crippen molar-refractivity contribution in [3.05, 3.63) is 114 Å². The summed E-state index contributed by atoms with van der Waals surface area (Å²) >= 11 is 0. The molecule has 1 aliphatic rings. The molecule has 0 bridgehead atoms. The van der Waals surface area contributed by atoms with Crippen molar-refractivity contribution in [1.82, 2.24) is 4.90 Å². The van der Waals surface area contributed by atoms with Crippen LogP contribution in [0.4, 0.5) is 0 Å². The van der Waals surface area contributed by atoms with Crippen LogP contribution in [0.25, 0.3) is 5.57 Å². The van der Waals surface area contributed by atoms with E-state index in [4.69, 9.17) is 0 Å². The topological polar surface area (TPSA) is 20.3 Å². The lowest BCUT2D eigenvalue weighted by molar-refractivity contribution is 0.0908. The van der Waals surface area contributed by atoms with E-state index in [-0.39, 0.29) is 11.8 Å². The summed E-state index contributed by atoms with van der Waals surface area (Å²) in [7, 11) is 0. The maximum atomic E-state index is 12.8. The van der Waals surface area contributed by atoms with Crippen molar-refractivity contribution >= 4 is 11.4 Å². The summed E-state index contributed by atoms with van der Waals surface area (Å²) in [6.45, 7) is 1.31. The van der Waals surface area contributed by atoms with Crippen molar-refractivity contribution in [1.29, 1.82) is 0 Å². The van der Waals surface area contributed by atoms with Gasteiger partial charge in [0.1, 0.15) is 0 Å². The Labute approximate surface area is 160 Å². The number of nitrogens with zero attached hydrogens (tertiary/aromatic N) is 1. The van der Waals surface area contributed by atoms with Gasteiger partial charge in [-0.2, -0.15) is 0 Å². The van der Waals surface area contributed by atoms with E-state index in [1.165, 1.54) is 16.7 Å². The first-order valence-electron chi connectivity index (χ1n) is 9.44. The molecule has 0 saturated heterocycles. The number of rotatable bonds is 5. The van der Waals surface area contributed by atoms with Crippen molar-refractivity contribution < 1.29 is 4.79 Å². The Bertz CT molecular complexity index is 916. The Hall–Kier alpha value is -2.97. The zero-order valence-electron chi connectivity index (χ0n) is 15.3. The molecule has 0 spiro atoms. The Morgan fingerprint density at radius 1 is 0.815 bits per heavy atom. The number of carbonyl (C=O) groups excluding carboxylic acids is 1. The third kappa shape index (κ3) is 4.07. The first-order valence-corrected chi connectivity index (χ1v) is 9.44. The van der Waals surface area contributed by atoms with Gasteiger partial charge in [0.15, 0.2) is 5.78 Å². The summed E-state index contributed by atoms with van der Waals surface area (Å²) < 4.78 is 0. The number of carbonyl (C=O) groups is 1. The predicted molar refractivity (Wildman–Crippen MR) is 111 cm³/mol. The highest BCUT2D eigenvalue weighted by molar-refractivity contribution is 5.97. The average molecular weight is 353 g/mol.